The number of ketones is 1. The predicted octanol–water partition coefficient (Wildman–Crippen LogP) is 3.94. The lowest BCUT2D eigenvalue weighted by molar-refractivity contribution is -0.117. The van der Waals surface area contributed by atoms with E-state index in [1.54, 1.807) is 54.6 Å². The van der Waals surface area contributed by atoms with E-state index in [1.165, 1.54) is 24.3 Å². The number of nitriles is 1. The monoisotopic (exact) mass is 400 g/mol. The first kappa shape index (κ1) is 19.0. The highest BCUT2D eigenvalue weighted by Crippen LogP contribution is 2.42. The molecule has 3 aromatic rings. The second-order valence-corrected chi connectivity index (χ2v) is 6.58. The molecule has 2 heterocycles. The Balaban J connectivity index is 1.86. The van der Waals surface area contributed by atoms with E-state index in [-0.39, 0.29) is 11.3 Å². The van der Waals surface area contributed by atoms with E-state index in [2.05, 4.69) is 0 Å². The topological polar surface area (TPSA) is 104 Å². The highest BCUT2D eigenvalue weighted by molar-refractivity contribution is 6.20. The zero-order valence-electron chi connectivity index (χ0n) is 15.9. The van der Waals surface area contributed by atoms with Crippen LogP contribution in [0, 0.1) is 11.3 Å². The van der Waals surface area contributed by atoms with Crippen LogP contribution in [0.3, 0.4) is 0 Å². The van der Waals surface area contributed by atoms with E-state index in [0.29, 0.717) is 22.6 Å². The number of carbonyl (C=O) groups excluding carboxylic acids is 2. The molecule has 1 unspecified atom stereocenters. The van der Waals surface area contributed by atoms with E-state index in [9.17, 15) is 14.7 Å². The van der Waals surface area contributed by atoms with Crippen LogP contribution in [0.1, 0.15) is 27.7 Å². The molecule has 0 bridgehead atoms. The highest BCUT2D eigenvalue weighted by atomic mass is 16.5. The smallest absolute Gasteiger partial charge is 0.294 e. The summed E-state index contributed by atoms with van der Waals surface area (Å²) < 4.78 is 10.4. The van der Waals surface area contributed by atoms with Crippen LogP contribution in [0.2, 0.25) is 0 Å². The molecule has 1 aromatic heterocycles. The van der Waals surface area contributed by atoms with Crippen molar-refractivity contribution in [1.29, 1.82) is 5.26 Å². The third kappa shape index (κ3) is 3.10. The number of furan rings is 1. The first-order valence-corrected chi connectivity index (χ1v) is 9.04. The summed E-state index contributed by atoms with van der Waals surface area (Å²) in [6.07, 6.45) is 1.35. The van der Waals surface area contributed by atoms with Crippen molar-refractivity contribution in [2.45, 2.75) is 6.04 Å². The van der Waals surface area contributed by atoms with Gasteiger partial charge in [-0.25, -0.2) is 0 Å². The molecular formula is C23H16N2O5. The fraction of sp³-hybridized carbons (Fsp3) is 0.0870. The first-order valence-electron chi connectivity index (χ1n) is 9.04. The number of hydrogen-bond acceptors (Lipinski definition) is 6. The Labute approximate surface area is 172 Å². The molecule has 0 spiro atoms. The number of nitrogens with zero attached hydrogens (tertiary/aromatic N) is 2. The van der Waals surface area contributed by atoms with E-state index >= 15 is 0 Å². The molecule has 7 nitrogen and oxygen atoms in total. The van der Waals surface area contributed by atoms with E-state index in [0.717, 1.165) is 0 Å². The number of rotatable bonds is 5. The summed E-state index contributed by atoms with van der Waals surface area (Å²) in [6.45, 7) is 0. The standard InChI is InChI=1S/C23H16N2O5/c1-29-17-10-6-15(7-11-17)20-19(21(26)18-3-2-12-30-18)22(27)23(28)25(20)16-8-4-14(13-24)5-9-16/h2-12,20,27H,1H3. The summed E-state index contributed by atoms with van der Waals surface area (Å²) in [5, 5.41) is 19.7. The molecular weight excluding hydrogens is 384 g/mol. The molecule has 7 heteroatoms. The molecule has 0 saturated heterocycles. The molecule has 0 saturated carbocycles. The van der Waals surface area contributed by atoms with Gasteiger partial charge in [-0.3, -0.25) is 14.5 Å². The molecule has 1 amide bonds. The van der Waals surface area contributed by atoms with Crippen molar-refractivity contribution in [3.05, 3.63) is 95.1 Å². The van der Waals surface area contributed by atoms with Crippen LogP contribution in [0.15, 0.2) is 82.7 Å². The van der Waals surface area contributed by atoms with Gasteiger partial charge in [-0.1, -0.05) is 12.1 Å². The number of anilines is 1. The van der Waals surface area contributed by atoms with Gasteiger partial charge in [0.2, 0.25) is 5.78 Å². The maximum absolute atomic E-state index is 13.1. The van der Waals surface area contributed by atoms with Crippen LogP contribution < -0.4 is 9.64 Å². The minimum atomic E-state index is -0.881. The molecule has 1 aliphatic rings. The lowest BCUT2D eigenvalue weighted by atomic mass is 9.94. The second kappa shape index (κ2) is 7.60. The van der Waals surface area contributed by atoms with Gasteiger partial charge >= 0.3 is 0 Å². The number of ether oxygens (including phenoxy) is 1. The van der Waals surface area contributed by atoms with Crippen molar-refractivity contribution in [3.63, 3.8) is 0 Å². The number of carbonyl (C=O) groups is 2. The molecule has 30 heavy (non-hydrogen) atoms. The Kier molecular flexibility index (Phi) is 4.82. The quantitative estimate of drug-likeness (QED) is 0.651. The molecule has 1 atom stereocenters. The van der Waals surface area contributed by atoms with Gasteiger partial charge in [0, 0.05) is 5.69 Å². The lowest BCUT2D eigenvalue weighted by Crippen LogP contribution is -2.31. The lowest BCUT2D eigenvalue weighted by Gasteiger charge is -2.27. The fourth-order valence-electron chi connectivity index (χ4n) is 3.44. The Bertz CT molecular complexity index is 1170. The predicted molar refractivity (Wildman–Crippen MR) is 107 cm³/mol. The average Bonchev–Trinajstić information content (AvgIpc) is 3.41. The van der Waals surface area contributed by atoms with Crippen LogP contribution in [-0.2, 0) is 4.79 Å². The third-order valence-electron chi connectivity index (χ3n) is 4.90. The molecule has 0 aliphatic carbocycles. The van der Waals surface area contributed by atoms with Gasteiger partial charge in [-0.2, -0.15) is 5.26 Å². The van der Waals surface area contributed by atoms with Gasteiger partial charge in [0.15, 0.2) is 11.5 Å². The zero-order valence-corrected chi connectivity index (χ0v) is 15.9. The van der Waals surface area contributed by atoms with Crippen molar-refractivity contribution in [1.82, 2.24) is 0 Å². The summed E-state index contributed by atoms with van der Waals surface area (Å²) >= 11 is 0. The van der Waals surface area contributed by atoms with Gasteiger partial charge in [-0.05, 0) is 54.1 Å². The van der Waals surface area contributed by atoms with Crippen LogP contribution in [0.4, 0.5) is 5.69 Å². The van der Waals surface area contributed by atoms with E-state index in [4.69, 9.17) is 14.4 Å². The Morgan fingerprint density at radius 3 is 2.40 bits per heavy atom. The molecule has 2 aromatic carbocycles. The fourth-order valence-corrected chi connectivity index (χ4v) is 3.44. The Hall–Kier alpha value is -4.31. The normalized spacial score (nSPS) is 15.9. The summed E-state index contributed by atoms with van der Waals surface area (Å²) in [7, 11) is 1.54. The number of aliphatic hydroxyl groups excluding tert-OH is 1. The summed E-state index contributed by atoms with van der Waals surface area (Å²) in [5.74, 6) is -1.30. The molecule has 0 radical (unpaired) electrons. The van der Waals surface area contributed by atoms with Crippen LogP contribution in [0.5, 0.6) is 5.75 Å². The highest BCUT2D eigenvalue weighted by Gasteiger charge is 2.45. The minimum Gasteiger partial charge on any atom is -0.503 e. The van der Waals surface area contributed by atoms with Gasteiger partial charge < -0.3 is 14.3 Å². The number of amides is 1. The maximum Gasteiger partial charge on any atom is 0.294 e. The van der Waals surface area contributed by atoms with E-state index < -0.39 is 23.5 Å². The summed E-state index contributed by atoms with van der Waals surface area (Å²) in [6, 6.07) is 17.4. The first-order chi connectivity index (χ1) is 14.5. The maximum atomic E-state index is 13.1. The van der Waals surface area contributed by atoms with E-state index in [1.807, 2.05) is 6.07 Å². The number of hydrogen-bond donors (Lipinski definition) is 1. The van der Waals surface area contributed by atoms with Crippen molar-refractivity contribution in [2.24, 2.45) is 0 Å². The largest absolute Gasteiger partial charge is 0.503 e. The SMILES string of the molecule is COc1ccc(C2C(C(=O)c3ccco3)=C(O)C(=O)N2c2ccc(C#N)cc2)cc1. The minimum absolute atomic E-state index is 0.0181. The number of benzene rings is 2. The van der Waals surface area contributed by atoms with Crippen molar-refractivity contribution >= 4 is 17.4 Å². The van der Waals surface area contributed by atoms with Crippen LogP contribution in [0.25, 0.3) is 0 Å². The Morgan fingerprint density at radius 2 is 1.83 bits per heavy atom. The number of aliphatic hydroxyl groups is 1. The third-order valence-corrected chi connectivity index (χ3v) is 4.90. The number of methoxy groups -OCH3 is 1. The molecule has 1 aliphatic heterocycles. The van der Waals surface area contributed by atoms with Crippen LogP contribution in [-0.4, -0.2) is 23.9 Å². The van der Waals surface area contributed by atoms with Gasteiger partial charge in [0.25, 0.3) is 5.91 Å². The summed E-state index contributed by atoms with van der Waals surface area (Å²) in [5.41, 5.74) is 1.39. The van der Waals surface area contributed by atoms with Crippen molar-refractivity contribution in [3.8, 4) is 11.8 Å². The molecule has 1 N–H and O–H groups in total. The molecule has 148 valence electrons. The number of Topliss-reactive ketones (excluding diaryl/α,β-unsaturated/α-hetero) is 1. The Morgan fingerprint density at radius 1 is 1.13 bits per heavy atom. The summed E-state index contributed by atoms with van der Waals surface area (Å²) in [4.78, 5) is 27.4. The zero-order chi connectivity index (χ0) is 21.3. The molecule has 4 rings (SSSR count). The van der Waals surface area contributed by atoms with Gasteiger partial charge in [0.1, 0.15) is 5.75 Å². The second-order valence-electron chi connectivity index (χ2n) is 6.58. The van der Waals surface area contributed by atoms with Crippen molar-refractivity contribution in [2.75, 3.05) is 12.0 Å². The van der Waals surface area contributed by atoms with Gasteiger partial charge in [-0.15, -0.1) is 0 Å². The van der Waals surface area contributed by atoms with Gasteiger partial charge in [0.05, 0.1) is 36.6 Å². The average molecular weight is 400 g/mol. The molecule has 0 fully saturated rings. The van der Waals surface area contributed by atoms with Crippen LogP contribution >= 0.6 is 0 Å². The van der Waals surface area contributed by atoms with Crippen molar-refractivity contribution < 1.29 is 23.8 Å².